The Bertz CT molecular complexity index is 557. The number of likely N-dealkylation sites (N-methyl/N-ethyl adjacent to an activating group) is 1. The normalized spacial score (nSPS) is 19.3. The molecule has 3 heteroatoms. The first-order valence-electron chi connectivity index (χ1n) is 5.63. The Morgan fingerprint density at radius 3 is 2.94 bits per heavy atom. The molecule has 1 unspecified atom stereocenters. The molecule has 0 spiro atoms. The molecule has 0 bridgehead atoms. The van der Waals surface area contributed by atoms with Crippen molar-refractivity contribution in [3.8, 4) is 0 Å². The highest BCUT2D eigenvalue weighted by Crippen LogP contribution is 2.32. The molecule has 0 radical (unpaired) electrons. The first-order chi connectivity index (χ1) is 7.70. The number of nitrogens with zero attached hydrogens (tertiary/aromatic N) is 1. The van der Waals surface area contributed by atoms with E-state index >= 15 is 0 Å². The van der Waals surface area contributed by atoms with E-state index in [9.17, 15) is 4.39 Å². The van der Waals surface area contributed by atoms with Gasteiger partial charge < -0.3 is 9.88 Å². The Labute approximate surface area is 94.1 Å². The van der Waals surface area contributed by atoms with Crippen LogP contribution in [0.2, 0.25) is 0 Å². The molecule has 84 valence electrons. The summed E-state index contributed by atoms with van der Waals surface area (Å²) in [6.07, 6.45) is 2.05. The van der Waals surface area contributed by atoms with Gasteiger partial charge in [0.2, 0.25) is 0 Å². The predicted octanol–water partition coefficient (Wildman–Crippen LogP) is 2.00. The van der Waals surface area contributed by atoms with Crippen LogP contribution in [0.3, 0.4) is 0 Å². The average molecular weight is 218 g/mol. The maximum atomic E-state index is 13.3. The van der Waals surface area contributed by atoms with Crippen molar-refractivity contribution >= 4 is 10.9 Å². The number of aryl methyl sites for hydroxylation is 1. The van der Waals surface area contributed by atoms with Crippen molar-refractivity contribution in [1.82, 2.24) is 9.88 Å². The van der Waals surface area contributed by atoms with Gasteiger partial charge in [0.1, 0.15) is 5.82 Å². The van der Waals surface area contributed by atoms with Crippen LogP contribution in [0.25, 0.3) is 10.9 Å². The van der Waals surface area contributed by atoms with E-state index in [2.05, 4.69) is 16.9 Å². The van der Waals surface area contributed by atoms with Crippen LogP contribution in [0.5, 0.6) is 0 Å². The lowest BCUT2D eigenvalue weighted by Gasteiger charge is -2.08. The summed E-state index contributed by atoms with van der Waals surface area (Å²) in [7, 11) is 4.05. The molecule has 2 aromatic rings. The molecule has 1 aliphatic rings. The maximum Gasteiger partial charge on any atom is 0.123 e. The minimum absolute atomic E-state index is 0.145. The second-order valence-electron chi connectivity index (χ2n) is 4.54. The van der Waals surface area contributed by atoms with Gasteiger partial charge >= 0.3 is 0 Å². The van der Waals surface area contributed by atoms with E-state index in [0.717, 1.165) is 23.7 Å². The number of rotatable bonds is 1. The summed E-state index contributed by atoms with van der Waals surface area (Å²) < 4.78 is 15.5. The van der Waals surface area contributed by atoms with Crippen LogP contribution in [-0.4, -0.2) is 17.7 Å². The van der Waals surface area contributed by atoms with Gasteiger partial charge in [0.15, 0.2) is 0 Å². The summed E-state index contributed by atoms with van der Waals surface area (Å²) in [5.41, 5.74) is 3.80. The van der Waals surface area contributed by atoms with Crippen LogP contribution in [0.15, 0.2) is 18.2 Å². The molecule has 0 fully saturated rings. The van der Waals surface area contributed by atoms with E-state index in [0.29, 0.717) is 6.04 Å². The van der Waals surface area contributed by atoms with Gasteiger partial charge in [-0.3, -0.25) is 0 Å². The van der Waals surface area contributed by atoms with Gasteiger partial charge in [-0.05, 0) is 37.2 Å². The maximum absolute atomic E-state index is 13.3. The summed E-state index contributed by atoms with van der Waals surface area (Å²) in [5, 5.41) is 4.38. The standard InChI is InChI=1S/C13H15FN2/c1-15-9-6-11-10-5-8(14)3-4-12(10)16(2)13(11)7-9/h3-5,9,15H,6-7H2,1-2H3. The molecular formula is C13H15FN2. The van der Waals surface area contributed by atoms with E-state index < -0.39 is 0 Å². The van der Waals surface area contributed by atoms with Crippen molar-refractivity contribution < 1.29 is 4.39 Å². The number of hydrogen-bond donors (Lipinski definition) is 1. The Kier molecular flexibility index (Phi) is 2.04. The lowest BCUT2D eigenvalue weighted by Crippen LogP contribution is -2.25. The number of fused-ring (bicyclic) bond motifs is 3. The minimum Gasteiger partial charge on any atom is -0.347 e. The van der Waals surface area contributed by atoms with Crippen LogP contribution < -0.4 is 5.32 Å². The number of hydrogen-bond acceptors (Lipinski definition) is 1. The molecule has 0 aliphatic heterocycles. The summed E-state index contributed by atoms with van der Waals surface area (Å²) in [6.45, 7) is 0. The van der Waals surface area contributed by atoms with Crippen molar-refractivity contribution in [2.24, 2.45) is 7.05 Å². The number of halogens is 1. The van der Waals surface area contributed by atoms with Gasteiger partial charge in [-0.15, -0.1) is 0 Å². The first-order valence-corrected chi connectivity index (χ1v) is 5.63. The van der Waals surface area contributed by atoms with Gasteiger partial charge in [0.25, 0.3) is 0 Å². The molecule has 16 heavy (non-hydrogen) atoms. The van der Waals surface area contributed by atoms with Gasteiger partial charge in [-0.25, -0.2) is 4.39 Å². The molecule has 1 aromatic heterocycles. The fourth-order valence-electron chi connectivity index (χ4n) is 2.79. The zero-order valence-electron chi connectivity index (χ0n) is 9.55. The second kappa shape index (κ2) is 3.32. The largest absolute Gasteiger partial charge is 0.347 e. The van der Waals surface area contributed by atoms with Gasteiger partial charge in [-0.2, -0.15) is 0 Å². The monoisotopic (exact) mass is 218 g/mol. The Morgan fingerprint density at radius 1 is 1.38 bits per heavy atom. The van der Waals surface area contributed by atoms with Gasteiger partial charge in [-0.1, -0.05) is 0 Å². The number of nitrogens with one attached hydrogen (secondary N) is 1. The average Bonchev–Trinajstić information content (AvgIpc) is 2.80. The summed E-state index contributed by atoms with van der Waals surface area (Å²) >= 11 is 0. The molecule has 1 aliphatic carbocycles. The molecule has 0 amide bonds. The Balaban J connectivity index is 2.24. The van der Waals surface area contributed by atoms with Crippen LogP contribution in [-0.2, 0) is 19.9 Å². The zero-order valence-corrected chi connectivity index (χ0v) is 9.55. The molecule has 1 aromatic carbocycles. The molecule has 1 atom stereocenters. The first kappa shape index (κ1) is 9.85. The van der Waals surface area contributed by atoms with Crippen molar-refractivity contribution in [2.45, 2.75) is 18.9 Å². The van der Waals surface area contributed by atoms with Crippen molar-refractivity contribution in [3.63, 3.8) is 0 Å². The smallest absolute Gasteiger partial charge is 0.123 e. The van der Waals surface area contributed by atoms with E-state index in [4.69, 9.17) is 0 Å². The molecule has 0 saturated heterocycles. The fourth-order valence-corrected chi connectivity index (χ4v) is 2.79. The third kappa shape index (κ3) is 1.21. The Morgan fingerprint density at radius 2 is 2.19 bits per heavy atom. The third-order valence-electron chi connectivity index (χ3n) is 3.70. The number of benzene rings is 1. The van der Waals surface area contributed by atoms with Crippen molar-refractivity contribution in [1.29, 1.82) is 0 Å². The highest BCUT2D eigenvalue weighted by Gasteiger charge is 2.26. The molecule has 1 N–H and O–H groups in total. The van der Waals surface area contributed by atoms with Crippen LogP contribution in [0.4, 0.5) is 4.39 Å². The molecule has 0 saturated carbocycles. The van der Waals surface area contributed by atoms with Crippen molar-refractivity contribution in [2.75, 3.05) is 7.05 Å². The SMILES string of the molecule is CNC1Cc2c(n(C)c3ccc(F)cc23)C1. The summed E-state index contributed by atoms with van der Waals surface area (Å²) in [6, 6.07) is 5.57. The molecular weight excluding hydrogens is 203 g/mol. The predicted molar refractivity (Wildman–Crippen MR) is 63.1 cm³/mol. The Hall–Kier alpha value is -1.35. The van der Waals surface area contributed by atoms with E-state index in [-0.39, 0.29) is 5.82 Å². The highest BCUT2D eigenvalue weighted by molar-refractivity contribution is 5.86. The highest BCUT2D eigenvalue weighted by atomic mass is 19.1. The summed E-state index contributed by atoms with van der Waals surface area (Å²) in [5.74, 6) is -0.145. The van der Waals surface area contributed by atoms with E-state index in [1.807, 2.05) is 13.1 Å². The van der Waals surface area contributed by atoms with E-state index in [1.54, 1.807) is 6.07 Å². The quantitative estimate of drug-likeness (QED) is 0.774. The topological polar surface area (TPSA) is 17.0 Å². The van der Waals surface area contributed by atoms with Crippen LogP contribution in [0, 0.1) is 5.82 Å². The summed E-state index contributed by atoms with van der Waals surface area (Å²) in [4.78, 5) is 0. The lowest BCUT2D eigenvalue weighted by atomic mass is 10.1. The van der Waals surface area contributed by atoms with Crippen molar-refractivity contribution in [3.05, 3.63) is 35.3 Å². The minimum atomic E-state index is -0.145. The molecule has 2 nitrogen and oxygen atoms in total. The molecule has 1 heterocycles. The van der Waals surface area contributed by atoms with Crippen LogP contribution >= 0.6 is 0 Å². The lowest BCUT2D eigenvalue weighted by molar-refractivity contribution is 0.584. The second-order valence-corrected chi connectivity index (χ2v) is 4.54. The zero-order chi connectivity index (χ0) is 11.3. The van der Waals surface area contributed by atoms with Crippen LogP contribution in [0.1, 0.15) is 11.3 Å². The van der Waals surface area contributed by atoms with Gasteiger partial charge in [0.05, 0.1) is 0 Å². The molecule has 3 rings (SSSR count). The van der Waals surface area contributed by atoms with E-state index in [1.165, 1.54) is 17.3 Å². The number of aromatic nitrogens is 1. The third-order valence-corrected chi connectivity index (χ3v) is 3.70. The van der Waals surface area contributed by atoms with Gasteiger partial charge in [0, 0.05) is 36.1 Å². The fraction of sp³-hybridized carbons (Fsp3) is 0.385.